The molecule has 0 radical (unpaired) electrons. The summed E-state index contributed by atoms with van der Waals surface area (Å²) in [6.45, 7) is 2.46. The lowest BCUT2D eigenvalue weighted by molar-refractivity contribution is -0.137. The van der Waals surface area contributed by atoms with Crippen LogP contribution in [0, 0.1) is 0 Å². The van der Waals surface area contributed by atoms with Crippen LogP contribution in [0.4, 0.5) is 18.9 Å². The predicted octanol–water partition coefficient (Wildman–Crippen LogP) is 2.75. The second-order valence-corrected chi connectivity index (χ2v) is 5.73. The Balaban J connectivity index is 2.15. The number of hydrogen-bond acceptors (Lipinski definition) is 3. The monoisotopic (exact) mass is 336 g/mol. The maximum absolute atomic E-state index is 13.0. The predicted molar refractivity (Wildman–Crippen MR) is 76.7 cm³/mol. The molecule has 1 unspecified atom stereocenters. The highest BCUT2D eigenvalue weighted by Gasteiger charge is 2.35. The van der Waals surface area contributed by atoms with Crippen LogP contribution in [-0.4, -0.2) is 41.1 Å². The molecule has 2 N–H and O–H groups in total. The zero-order valence-corrected chi connectivity index (χ0v) is 12.6. The Morgan fingerprint density at radius 1 is 1.50 bits per heavy atom. The highest BCUT2D eigenvalue weighted by Crippen LogP contribution is 2.36. The van der Waals surface area contributed by atoms with Gasteiger partial charge in [0.2, 0.25) is 5.91 Å². The van der Waals surface area contributed by atoms with Crippen LogP contribution in [0.25, 0.3) is 0 Å². The highest BCUT2D eigenvalue weighted by molar-refractivity contribution is 6.30. The molecule has 2 atom stereocenters. The van der Waals surface area contributed by atoms with Crippen molar-refractivity contribution in [3.8, 4) is 0 Å². The Bertz CT molecular complexity index is 566. The van der Waals surface area contributed by atoms with Crippen molar-refractivity contribution in [1.29, 1.82) is 0 Å². The maximum Gasteiger partial charge on any atom is 0.418 e. The average Bonchev–Trinajstić information content (AvgIpc) is 2.85. The van der Waals surface area contributed by atoms with Crippen LogP contribution in [0.2, 0.25) is 5.02 Å². The number of benzene rings is 1. The lowest BCUT2D eigenvalue weighted by Crippen LogP contribution is -2.41. The molecule has 0 spiro atoms. The first-order valence-corrected chi connectivity index (χ1v) is 7.16. The summed E-state index contributed by atoms with van der Waals surface area (Å²) in [6.07, 6.45) is -4.57. The number of carbonyl (C=O) groups excluding carboxylic acids is 1. The van der Waals surface area contributed by atoms with Gasteiger partial charge in [-0.2, -0.15) is 13.2 Å². The fraction of sp³-hybridized carbons (Fsp3) is 0.500. The second kappa shape index (κ2) is 6.44. The number of halogens is 4. The molecule has 8 heteroatoms. The third-order valence-corrected chi connectivity index (χ3v) is 3.90. The number of aliphatic hydroxyl groups is 1. The molecule has 1 aliphatic rings. The van der Waals surface area contributed by atoms with Crippen LogP contribution in [0.15, 0.2) is 18.2 Å². The molecule has 1 saturated heterocycles. The average molecular weight is 337 g/mol. The number of nitrogens with one attached hydrogen (secondary N) is 1. The number of amides is 1. The van der Waals surface area contributed by atoms with Crippen LogP contribution < -0.4 is 5.32 Å². The number of β-amino-alcohol motifs (C(OH)–C–C–N with tert-alkyl or cyclic N) is 1. The van der Waals surface area contributed by atoms with Gasteiger partial charge < -0.3 is 10.4 Å². The first kappa shape index (κ1) is 17.1. The van der Waals surface area contributed by atoms with E-state index >= 15 is 0 Å². The standard InChI is InChI=1S/C14H16ClF3N2O2/c1-8(20-5-4-10(21)7-20)13(22)19-12-3-2-9(15)6-11(12)14(16,17)18/h2-3,6,8,10,21H,4-5,7H2,1H3,(H,19,22)/t8?,10-/m0/s1. The van der Waals surface area contributed by atoms with Gasteiger partial charge in [-0.3, -0.25) is 9.69 Å². The van der Waals surface area contributed by atoms with E-state index in [-0.39, 0.29) is 10.7 Å². The smallest absolute Gasteiger partial charge is 0.392 e. The van der Waals surface area contributed by atoms with Crippen molar-refractivity contribution in [2.24, 2.45) is 0 Å². The number of rotatable bonds is 3. The topological polar surface area (TPSA) is 52.6 Å². The fourth-order valence-corrected chi connectivity index (χ4v) is 2.55. The minimum Gasteiger partial charge on any atom is -0.392 e. The Kier molecular flexibility index (Phi) is 4.99. The van der Waals surface area contributed by atoms with Gasteiger partial charge >= 0.3 is 6.18 Å². The summed E-state index contributed by atoms with van der Waals surface area (Å²) in [5.41, 5.74) is -1.31. The van der Waals surface area contributed by atoms with Crippen LogP contribution in [0.1, 0.15) is 18.9 Å². The zero-order chi connectivity index (χ0) is 16.5. The summed E-state index contributed by atoms with van der Waals surface area (Å²) in [5.74, 6) is -0.554. The van der Waals surface area contributed by atoms with Gasteiger partial charge in [-0.15, -0.1) is 0 Å². The number of carbonyl (C=O) groups is 1. The maximum atomic E-state index is 13.0. The normalized spacial score (nSPS) is 20.9. The van der Waals surface area contributed by atoms with Crippen molar-refractivity contribution in [3.63, 3.8) is 0 Å². The third-order valence-electron chi connectivity index (χ3n) is 3.67. The van der Waals surface area contributed by atoms with Crippen LogP contribution in [-0.2, 0) is 11.0 Å². The molecule has 1 aliphatic heterocycles. The lowest BCUT2D eigenvalue weighted by atomic mass is 10.1. The van der Waals surface area contributed by atoms with E-state index in [0.717, 1.165) is 12.1 Å². The van der Waals surface area contributed by atoms with E-state index in [1.807, 2.05) is 0 Å². The van der Waals surface area contributed by atoms with E-state index in [4.69, 9.17) is 11.6 Å². The van der Waals surface area contributed by atoms with Crippen molar-refractivity contribution >= 4 is 23.2 Å². The van der Waals surface area contributed by atoms with Gasteiger partial charge in [0.05, 0.1) is 23.4 Å². The third kappa shape index (κ3) is 3.91. The Labute approximate surface area is 130 Å². The molecular weight excluding hydrogens is 321 g/mol. The van der Waals surface area contributed by atoms with Crippen molar-refractivity contribution in [2.45, 2.75) is 31.7 Å². The molecule has 1 amide bonds. The molecule has 1 aromatic carbocycles. The molecule has 1 fully saturated rings. The van der Waals surface area contributed by atoms with Crippen LogP contribution in [0.5, 0.6) is 0 Å². The van der Waals surface area contributed by atoms with Gasteiger partial charge in [0.1, 0.15) is 0 Å². The summed E-state index contributed by atoms with van der Waals surface area (Å²) in [7, 11) is 0. The SMILES string of the molecule is CC(C(=O)Nc1ccc(Cl)cc1C(F)(F)F)N1CC[C@H](O)C1. The molecule has 0 bridgehead atoms. The van der Waals surface area contributed by atoms with Gasteiger partial charge in [-0.25, -0.2) is 0 Å². The van der Waals surface area contributed by atoms with Crippen LogP contribution in [0.3, 0.4) is 0 Å². The number of nitrogens with zero attached hydrogens (tertiary/aromatic N) is 1. The largest absolute Gasteiger partial charge is 0.418 e. The summed E-state index contributed by atoms with van der Waals surface area (Å²) < 4.78 is 38.9. The summed E-state index contributed by atoms with van der Waals surface area (Å²) in [6, 6.07) is 2.57. The molecule has 2 rings (SSSR count). The molecule has 22 heavy (non-hydrogen) atoms. The Morgan fingerprint density at radius 3 is 2.73 bits per heavy atom. The first-order valence-electron chi connectivity index (χ1n) is 6.78. The summed E-state index contributed by atoms with van der Waals surface area (Å²) >= 11 is 5.59. The summed E-state index contributed by atoms with van der Waals surface area (Å²) in [4.78, 5) is 13.9. The number of alkyl halides is 3. The second-order valence-electron chi connectivity index (χ2n) is 5.29. The van der Waals surface area contributed by atoms with Crippen molar-refractivity contribution in [2.75, 3.05) is 18.4 Å². The Morgan fingerprint density at radius 2 is 2.18 bits per heavy atom. The van der Waals surface area contributed by atoms with Crippen molar-refractivity contribution < 1.29 is 23.1 Å². The molecule has 4 nitrogen and oxygen atoms in total. The minimum atomic E-state index is -4.61. The number of likely N-dealkylation sites (tertiary alicyclic amines) is 1. The van der Waals surface area contributed by atoms with E-state index < -0.39 is 29.8 Å². The molecule has 0 saturated carbocycles. The highest BCUT2D eigenvalue weighted by atomic mass is 35.5. The van der Waals surface area contributed by atoms with Gasteiger partial charge in [0.25, 0.3) is 0 Å². The van der Waals surface area contributed by atoms with Gasteiger partial charge in [-0.1, -0.05) is 11.6 Å². The fourth-order valence-electron chi connectivity index (χ4n) is 2.38. The molecule has 0 aromatic heterocycles. The van der Waals surface area contributed by atoms with E-state index in [9.17, 15) is 23.1 Å². The van der Waals surface area contributed by atoms with Gasteiger partial charge in [-0.05, 0) is 31.5 Å². The summed E-state index contributed by atoms with van der Waals surface area (Å²) in [5, 5.41) is 11.7. The number of aliphatic hydroxyl groups excluding tert-OH is 1. The van der Waals surface area contributed by atoms with E-state index in [1.54, 1.807) is 11.8 Å². The van der Waals surface area contributed by atoms with Crippen molar-refractivity contribution in [1.82, 2.24) is 4.90 Å². The van der Waals surface area contributed by atoms with E-state index in [1.165, 1.54) is 6.07 Å². The zero-order valence-electron chi connectivity index (χ0n) is 11.8. The molecule has 0 aliphatic carbocycles. The van der Waals surface area contributed by atoms with Crippen LogP contribution >= 0.6 is 11.6 Å². The molecule has 1 heterocycles. The number of hydrogen-bond donors (Lipinski definition) is 2. The van der Waals surface area contributed by atoms with Crippen molar-refractivity contribution in [3.05, 3.63) is 28.8 Å². The lowest BCUT2D eigenvalue weighted by Gasteiger charge is -2.23. The molecule has 1 aromatic rings. The van der Waals surface area contributed by atoms with E-state index in [0.29, 0.717) is 19.5 Å². The van der Waals surface area contributed by atoms with E-state index in [2.05, 4.69) is 5.32 Å². The first-order chi connectivity index (χ1) is 10.2. The molecule has 122 valence electrons. The van der Waals surface area contributed by atoms with Gasteiger partial charge in [0, 0.05) is 18.1 Å². The van der Waals surface area contributed by atoms with Gasteiger partial charge in [0.15, 0.2) is 0 Å². The number of anilines is 1. The Hall–Kier alpha value is -1.31. The minimum absolute atomic E-state index is 0.0546. The quantitative estimate of drug-likeness (QED) is 0.892. The molecular formula is C14H16ClF3N2O2.